The van der Waals surface area contributed by atoms with E-state index >= 15 is 0 Å². The van der Waals surface area contributed by atoms with Gasteiger partial charge in [0.05, 0.1) is 4.90 Å². The molecule has 0 atom stereocenters. The topological polar surface area (TPSA) is 49.4 Å². The zero-order valence-corrected chi connectivity index (χ0v) is 17.0. The summed E-state index contributed by atoms with van der Waals surface area (Å²) in [7, 11) is -3.45. The van der Waals surface area contributed by atoms with Crippen LogP contribution in [-0.2, 0) is 22.9 Å². The van der Waals surface area contributed by atoms with Crippen LogP contribution < -0.4 is 9.62 Å². The minimum atomic E-state index is -3.45. The Morgan fingerprint density at radius 3 is 2.07 bits per heavy atom. The first kappa shape index (κ1) is 19.9. The van der Waals surface area contributed by atoms with Crippen molar-refractivity contribution in [3.63, 3.8) is 0 Å². The van der Waals surface area contributed by atoms with Gasteiger partial charge in [0, 0.05) is 25.3 Å². The Kier molecular flexibility index (Phi) is 6.91. The van der Waals surface area contributed by atoms with Crippen LogP contribution in [-0.4, -0.2) is 28.1 Å². The zero-order chi connectivity index (χ0) is 19.1. The number of benzene rings is 2. The van der Waals surface area contributed by atoms with Gasteiger partial charge in [-0.3, -0.25) is 0 Å². The van der Waals surface area contributed by atoms with Gasteiger partial charge >= 0.3 is 0 Å². The second kappa shape index (κ2) is 9.38. The van der Waals surface area contributed by atoms with Gasteiger partial charge in [0.2, 0.25) is 10.0 Å². The van der Waals surface area contributed by atoms with Crippen molar-refractivity contribution < 1.29 is 8.42 Å². The maximum Gasteiger partial charge on any atom is 0.240 e. The monoisotopic (exact) mass is 386 g/mol. The minimum Gasteiger partial charge on any atom is -0.372 e. The second-order valence-corrected chi connectivity index (χ2v) is 9.02. The van der Waals surface area contributed by atoms with Crippen molar-refractivity contribution in [2.24, 2.45) is 0 Å². The van der Waals surface area contributed by atoms with E-state index in [2.05, 4.69) is 40.8 Å². The average Bonchev–Trinajstić information content (AvgIpc) is 2.70. The van der Waals surface area contributed by atoms with Gasteiger partial charge in [0.25, 0.3) is 0 Å². The van der Waals surface area contributed by atoms with Crippen LogP contribution >= 0.6 is 0 Å². The van der Waals surface area contributed by atoms with Crippen LogP contribution in [0.2, 0.25) is 0 Å². The molecular formula is C22H30N2O2S. The van der Waals surface area contributed by atoms with Crippen LogP contribution in [0.1, 0.15) is 43.7 Å². The highest BCUT2D eigenvalue weighted by molar-refractivity contribution is 7.89. The lowest BCUT2D eigenvalue weighted by atomic mass is 10.1. The number of hydrogen-bond donors (Lipinski definition) is 1. The van der Waals surface area contributed by atoms with E-state index in [0.29, 0.717) is 17.9 Å². The summed E-state index contributed by atoms with van der Waals surface area (Å²) >= 11 is 0. The number of anilines is 1. The lowest BCUT2D eigenvalue weighted by Gasteiger charge is -2.28. The van der Waals surface area contributed by atoms with Gasteiger partial charge in [-0.05, 0) is 67.5 Å². The first-order valence-corrected chi connectivity index (χ1v) is 11.5. The normalized spacial score (nSPS) is 15.1. The van der Waals surface area contributed by atoms with Crippen molar-refractivity contribution in [3.8, 4) is 0 Å². The van der Waals surface area contributed by atoms with E-state index < -0.39 is 10.0 Å². The molecule has 2 aromatic rings. The molecule has 0 bridgehead atoms. The Morgan fingerprint density at radius 1 is 0.852 bits per heavy atom. The third kappa shape index (κ3) is 5.56. The minimum absolute atomic E-state index is 0.336. The molecule has 1 saturated heterocycles. The van der Waals surface area contributed by atoms with Crippen LogP contribution in [0, 0.1) is 0 Å². The van der Waals surface area contributed by atoms with Crippen LogP contribution in [0.4, 0.5) is 5.69 Å². The molecule has 0 spiro atoms. The largest absolute Gasteiger partial charge is 0.372 e. The molecule has 0 aliphatic carbocycles. The van der Waals surface area contributed by atoms with Crippen molar-refractivity contribution in [1.82, 2.24) is 4.72 Å². The number of piperidine rings is 1. The van der Waals surface area contributed by atoms with Crippen LogP contribution in [0.25, 0.3) is 0 Å². The summed E-state index contributed by atoms with van der Waals surface area (Å²) in [6.07, 6.45) is 6.58. The number of hydrogen-bond acceptors (Lipinski definition) is 3. The highest BCUT2D eigenvalue weighted by Gasteiger charge is 2.13. The molecular weight excluding hydrogens is 356 g/mol. The molecule has 2 aromatic carbocycles. The molecule has 27 heavy (non-hydrogen) atoms. The summed E-state index contributed by atoms with van der Waals surface area (Å²) in [6.45, 7) is 4.79. The molecule has 146 valence electrons. The Labute approximate surface area is 163 Å². The van der Waals surface area contributed by atoms with E-state index in [4.69, 9.17) is 0 Å². The highest BCUT2D eigenvalue weighted by Crippen LogP contribution is 2.20. The predicted octanol–water partition coefficient (Wildman–Crippen LogP) is 4.15. The first-order chi connectivity index (χ1) is 13.1. The van der Waals surface area contributed by atoms with E-state index in [9.17, 15) is 8.42 Å². The number of nitrogens with one attached hydrogen (secondary N) is 1. The van der Waals surface area contributed by atoms with E-state index in [1.54, 1.807) is 12.1 Å². The molecule has 0 radical (unpaired) electrons. The summed E-state index contributed by atoms with van der Waals surface area (Å²) in [5.74, 6) is 0. The molecule has 1 fully saturated rings. The average molecular weight is 387 g/mol. The summed E-state index contributed by atoms with van der Waals surface area (Å²) in [4.78, 5) is 2.76. The third-order valence-electron chi connectivity index (χ3n) is 5.14. The Balaban J connectivity index is 1.52. The van der Waals surface area contributed by atoms with Gasteiger partial charge in [0.1, 0.15) is 0 Å². The van der Waals surface area contributed by atoms with Crippen molar-refractivity contribution in [1.29, 1.82) is 0 Å². The summed E-state index contributed by atoms with van der Waals surface area (Å²) in [5, 5.41) is 0. The number of nitrogens with zero attached hydrogens (tertiary/aromatic N) is 1. The SMILES string of the molecule is CCCc1ccc(S(=O)(=O)NCCc2ccc(N3CCCCC3)cc2)cc1. The summed E-state index contributed by atoms with van der Waals surface area (Å²) < 4.78 is 27.6. The molecule has 4 nitrogen and oxygen atoms in total. The van der Waals surface area contributed by atoms with Crippen molar-refractivity contribution in [3.05, 3.63) is 59.7 Å². The molecule has 5 heteroatoms. The molecule has 3 rings (SSSR count). The third-order valence-corrected chi connectivity index (χ3v) is 6.61. The molecule has 1 heterocycles. The molecule has 1 aliphatic heterocycles. The fourth-order valence-electron chi connectivity index (χ4n) is 3.56. The van der Waals surface area contributed by atoms with Crippen LogP contribution in [0.5, 0.6) is 0 Å². The molecule has 0 unspecified atom stereocenters. The Bertz CT molecular complexity index is 808. The van der Waals surface area contributed by atoms with Gasteiger partial charge < -0.3 is 4.90 Å². The van der Waals surface area contributed by atoms with Crippen LogP contribution in [0.15, 0.2) is 53.4 Å². The molecule has 0 aromatic heterocycles. The lowest BCUT2D eigenvalue weighted by molar-refractivity contribution is 0.577. The standard InChI is InChI=1S/C22H30N2O2S/c1-2-6-19-9-13-22(14-10-19)27(25,26)23-16-15-20-7-11-21(12-8-20)24-17-4-3-5-18-24/h7-14,23H,2-6,15-18H2,1H3. The molecule has 0 amide bonds. The smallest absolute Gasteiger partial charge is 0.240 e. The van der Waals surface area contributed by atoms with Gasteiger partial charge in [-0.15, -0.1) is 0 Å². The first-order valence-electron chi connectivity index (χ1n) is 10.0. The van der Waals surface area contributed by atoms with E-state index in [-0.39, 0.29) is 0 Å². The number of rotatable bonds is 8. The predicted molar refractivity (Wildman–Crippen MR) is 112 cm³/mol. The van der Waals surface area contributed by atoms with E-state index in [1.807, 2.05) is 12.1 Å². The summed E-state index contributed by atoms with van der Waals surface area (Å²) in [6, 6.07) is 15.7. The molecule has 0 saturated carbocycles. The van der Waals surface area contributed by atoms with Crippen molar-refractivity contribution in [2.45, 2.75) is 50.3 Å². The molecule has 1 N–H and O–H groups in total. The Hall–Kier alpha value is -1.85. The fourth-order valence-corrected chi connectivity index (χ4v) is 4.59. The number of sulfonamides is 1. The van der Waals surface area contributed by atoms with Gasteiger partial charge in [-0.25, -0.2) is 13.1 Å². The Morgan fingerprint density at radius 2 is 1.44 bits per heavy atom. The second-order valence-electron chi connectivity index (χ2n) is 7.26. The van der Waals surface area contributed by atoms with E-state index in [0.717, 1.165) is 31.5 Å². The maximum atomic E-state index is 12.4. The molecule has 1 aliphatic rings. The zero-order valence-electron chi connectivity index (χ0n) is 16.2. The quantitative estimate of drug-likeness (QED) is 0.741. The van der Waals surface area contributed by atoms with Gasteiger partial charge in [-0.1, -0.05) is 37.6 Å². The fraction of sp³-hybridized carbons (Fsp3) is 0.455. The van der Waals surface area contributed by atoms with Crippen molar-refractivity contribution >= 4 is 15.7 Å². The summed E-state index contributed by atoms with van der Waals surface area (Å²) in [5.41, 5.74) is 3.59. The lowest BCUT2D eigenvalue weighted by Crippen LogP contribution is -2.29. The van der Waals surface area contributed by atoms with Gasteiger partial charge in [0.15, 0.2) is 0 Å². The van der Waals surface area contributed by atoms with E-state index in [1.165, 1.54) is 30.5 Å². The maximum absolute atomic E-state index is 12.4. The van der Waals surface area contributed by atoms with Crippen molar-refractivity contribution in [2.75, 3.05) is 24.5 Å². The van der Waals surface area contributed by atoms with Crippen LogP contribution in [0.3, 0.4) is 0 Å². The van der Waals surface area contributed by atoms with Gasteiger partial charge in [-0.2, -0.15) is 0 Å². The number of aryl methyl sites for hydroxylation is 1. The highest BCUT2D eigenvalue weighted by atomic mass is 32.2.